The molecule has 0 aromatic heterocycles. The van der Waals surface area contributed by atoms with E-state index in [4.69, 9.17) is 11.6 Å². The lowest BCUT2D eigenvalue weighted by atomic mass is 10.1. The topological polar surface area (TPSA) is 89.8 Å². The minimum absolute atomic E-state index is 0.0947. The summed E-state index contributed by atoms with van der Waals surface area (Å²) in [5.74, 6) is -0.797. The maximum Gasteiger partial charge on any atom is 0.337 e. The Morgan fingerprint density at radius 1 is 1.16 bits per heavy atom. The molecule has 2 rings (SSSR count). The van der Waals surface area contributed by atoms with E-state index in [1.165, 1.54) is 54.5 Å². The van der Waals surface area contributed by atoms with Crippen molar-refractivity contribution >= 4 is 29.2 Å². The van der Waals surface area contributed by atoms with E-state index in [0.29, 0.717) is 21.7 Å². The first kappa shape index (κ1) is 18.4. The maximum atomic E-state index is 12.5. The molecule has 0 saturated carbocycles. The number of hydrogen-bond acceptors (Lipinski definition) is 5. The van der Waals surface area contributed by atoms with Crippen molar-refractivity contribution in [3.8, 4) is 0 Å². The summed E-state index contributed by atoms with van der Waals surface area (Å²) in [6.07, 6.45) is 0. The van der Waals surface area contributed by atoms with Crippen molar-refractivity contribution in [3.05, 3.63) is 74.3 Å². The molecule has 0 unspecified atom stereocenters. The third kappa shape index (κ3) is 4.33. The van der Waals surface area contributed by atoms with Crippen molar-refractivity contribution in [3.63, 3.8) is 0 Å². The number of esters is 1. The molecule has 7 nitrogen and oxygen atoms in total. The Morgan fingerprint density at radius 3 is 2.32 bits per heavy atom. The lowest BCUT2D eigenvalue weighted by Gasteiger charge is -2.18. The van der Waals surface area contributed by atoms with Gasteiger partial charge in [0, 0.05) is 36.3 Å². The van der Waals surface area contributed by atoms with Crippen LogP contribution >= 0.6 is 11.6 Å². The number of amides is 1. The van der Waals surface area contributed by atoms with E-state index >= 15 is 0 Å². The average Bonchev–Trinajstić information content (AvgIpc) is 2.62. The molecule has 0 N–H and O–H groups in total. The Labute approximate surface area is 148 Å². The summed E-state index contributed by atoms with van der Waals surface area (Å²) in [6.45, 7) is 0.109. The summed E-state index contributed by atoms with van der Waals surface area (Å²) in [4.78, 5) is 35.6. The van der Waals surface area contributed by atoms with Crippen molar-refractivity contribution in [1.82, 2.24) is 4.90 Å². The standard InChI is InChI=1S/C17H15ClN2O5/c1-19(10-13-9-14(20(23)24)7-8-15(13)18)16(21)11-3-5-12(6-4-11)17(22)25-2/h3-9H,10H2,1-2H3. The molecule has 0 bridgehead atoms. The lowest BCUT2D eigenvalue weighted by molar-refractivity contribution is -0.384. The van der Waals surface area contributed by atoms with E-state index in [1.807, 2.05) is 0 Å². The van der Waals surface area contributed by atoms with Crippen molar-refractivity contribution in [1.29, 1.82) is 0 Å². The Morgan fingerprint density at radius 2 is 1.76 bits per heavy atom. The number of ether oxygens (including phenoxy) is 1. The highest BCUT2D eigenvalue weighted by Gasteiger charge is 2.16. The van der Waals surface area contributed by atoms with Gasteiger partial charge in [0.1, 0.15) is 0 Å². The monoisotopic (exact) mass is 362 g/mol. The van der Waals surface area contributed by atoms with Gasteiger partial charge in [-0.05, 0) is 35.9 Å². The summed E-state index contributed by atoms with van der Waals surface area (Å²) in [6, 6.07) is 10.1. The molecule has 2 aromatic rings. The SMILES string of the molecule is COC(=O)c1ccc(C(=O)N(C)Cc2cc([N+](=O)[O-])ccc2Cl)cc1. The highest BCUT2D eigenvalue weighted by atomic mass is 35.5. The van der Waals surface area contributed by atoms with Gasteiger partial charge in [0.05, 0.1) is 17.6 Å². The van der Waals surface area contributed by atoms with E-state index < -0.39 is 10.9 Å². The first-order chi connectivity index (χ1) is 11.8. The number of non-ortho nitro benzene ring substituents is 1. The Bertz CT molecular complexity index is 820. The van der Waals surface area contributed by atoms with Crippen molar-refractivity contribution in [2.24, 2.45) is 0 Å². The normalized spacial score (nSPS) is 10.2. The highest BCUT2D eigenvalue weighted by Crippen LogP contribution is 2.23. The summed E-state index contributed by atoms with van der Waals surface area (Å²) in [5, 5.41) is 11.2. The van der Waals surface area contributed by atoms with Crippen molar-refractivity contribution < 1.29 is 19.2 Å². The van der Waals surface area contributed by atoms with Crippen LogP contribution in [0.1, 0.15) is 26.3 Å². The third-order valence-corrected chi connectivity index (χ3v) is 3.92. The molecule has 130 valence electrons. The smallest absolute Gasteiger partial charge is 0.337 e. The van der Waals surface area contributed by atoms with Gasteiger partial charge < -0.3 is 9.64 Å². The fourth-order valence-corrected chi connectivity index (χ4v) is 2.39. The summed E-state index contributed by atoms with van der Waals surface area (Å²) >= 11 is 6.06. The number of methoxy groups -OCH3 is 1. The minimum atomic E-state index is -0.521. The molecule has 0 atom stereocenters. The molecule has 0 fully saturated rings. The Balaban J connectivity index is 2.16. The maximum absolute atomic E-state index is 12.5. The predicted molar refractivity (Wildman–Crippen MR) is 91.7 cm³/mol. The second-order valence-electron chi connectivity index (χ2n) is 5.26. The zero-order valence-electron chi connectivity index (χ0n) is 13.6. The molecule has 25 heavy (non-hydrogen) atoms. The van der Waals surface area contributed by atoms with Crippen LogP contribution in [0.15, 0.2) is 42.5 Å². The van der Waals surface area contributed by atoms with Gasteiger partial charge in [-0.25, -0.2) is 4.79 Å². The number of carbonyl (C=O) groups is 2. The van der Waals surface area contributed by atoms with Crippen molar-refractivity contribution in [2.45, 2.75) is 6.54 Å². The molecule has 0 spiro atoms. The number of nitro benzene ring substituents is 1. The van der Waals surface area contributed by atoms with Gasteiger partial charge in [0.25, 0.3) is 11.6 Å². The van der Waals surface area contributed by atoms with Crippen LogP contribution in [0.5, 0.6) is 0 Å². The van der Waals surface area contributed by atoms with Gasteiger partial charge in [-0.2, -0.15) is 0 Å². The molecule has 0 radical (unpaired) electrons. The molecule has 0 aliphatic heterocycles. The van der Waals surface area contributed by atoms with Crippen molar-refractivity contribution in [2.75, 3.05) is 14.2 Å². The van der Waals surface area contributed by atoms with Gasteiger partial charge in [0.15, 0.2) is 0 Å². The van der Waals surface area contributed by atoms with Crippen LogP contribution in [0.2, 0.25) is 5.02 Å². The first-order valence-corrected chi connectivity index (χ1v) is 7.58. The molecule has 8 heteroatoms. The van der Waals surface area contributed by atoms with Gasteiger partial charge >= 0.3 is 5.97 Å². The van der Waals surface area contributed by atoms with E-state index in [1.54, 1.807) is 7.05 Å². The number of carbonyl (C=O) groups excluding carboxylic acids is 2. The summed E-state index contributed by atoms with van der Waals surface area (Å²) in [7, 11) is 2.84. The van der Waals surface area contributed by atoms with Crippen LogP contribution in [0.4, 0.5) is 5.69 Å². The lowest BCUT2D eigenvalue weighted by Crippen LogP contribution is -2.26. The average molecular weight is 363 g/mol. The minimum Gasteiger partial charge on any atom is -0.465 e. The van der Waals surface area contributed by atoms with Crippen LogP contribution in [0, 0.1) is 10.1 Å². The van der Waals surface area contributed by atoms with Crippen LogP contribution in [0.3, 0.4) is 0 Å². The Hall–Kier alpha value is -2.93. The Kier molecular flexibility index (Phi) is 5.71. The van der Waals surface area contributed by atoms with Gasteiger partial charge in [0.2, 0.25) is 0 Å². The number of rotatable bonds is 5. The van der Waals surface area contributed by atoms with E-state index in [0.717, 1.165) is 0 Å². The van der Waals surface area contributed by atoms with E-state index in [2.05, 4.69) is 4.74 Å². The second-order valence-corrected chi connectivity index (χ2v) is 5.67. The summed E-state index contributed by atoms with van der Waals surface area (Å²) in [5.41, 5.74) is 1.08. The van der Waals surface area contributed by atoms with Gasteiger partial charge in [-0.1, -0.05) is 11.6 Å². The first-order valence-electron chi connectivity index (χ1n) is 7.20. The number of nitrogens with zero attached hydrogens (tertiary/aromatic N) is 2. The number of benzene rings is 2. The number of nitro groups is 1. The van der Waals surface area contributed by atoms with Crippen LogP contribution in [-0.2, 0) is 11.3 Å². The molecular weight excluding hydrogens is 348 g/mol. The second kappa shape index (κ2) is 7.76. The largest absolute Gasteiger partial charge is 0.465 e. The number of halogens is 1. The van der Waals surface area contributed by atoms with E-state index in [9.17, 15) is 19.7 Å². The van der Waals surface area contributed by atoms with Crippen LogP contribution < -0.4 is 0 Å². The molecule has 0 aliphatic rings. The van der Waals surface area contributed by atoms with Crippen LogP contribution in [0.25, 0.3) is 0 Å². The van der Waals surface area contributed by atoms with Gasteiger partial charge in [-0.3, -0.25) is 14.9 Å². The third-order valence-electron chi connectivity index (χ3n) is 3.55. The van der Waals surface area contributed by atoms with E-state index in [-0.39, 0.29) is 18.1 Å². The zero-order valence-corrected chi connectivity index (χ0v) is 14.3. The molecule has 0 aliphatic carbocycles. The fraction of sp³-hybridized carbons (Fsp3) is 0.176. The summed E-state index contributed by atoms with van der Waals surface area (Å²) < 4.78 is 4.60. The fourth-order valence-electron chi connectivity index (χ4n) is 2.21. The predicted octanol–water partition coefficient (Wildman–Crippen LogP) is 3.31. The van der Waals surface area contributed by atoms with Gasteiger partial charge in [-0.15, -0.1) is 0 Å². The zero-order chi connectivity index (χ0) is 18.6. The molecule has 0 heterocycles. The quantitative estimate of drug-likeness (QED) is 0.462. The highest BCUT2D eigenvalue weighted by molar-refractivity contribution is 6.31. The number of hydrogen-bond donors (Lipinski definition) is 0. The molecule has 1 amide bonds. The molecule has 0 saturated heterocycles. The molecular formula is C17H15ClN2O5. The molecule has 2 aromatic carbocycles. The van der Waals surface area contributed by atoms with Crippen LogP contribution in [-0.4, -0.2) is 35.9 Å².